The van der Waals surface area contributed by atoms with E-state index in [1.807, 2.05) is 48.5 Å². The number of benzene rings is 2. The standard InChI is InChI=1S/C17H17N5O2/c1-23-13-6-2-11(3-7-13)10-24-14-8-4-12(5-9-14)15-20-16(18)22-17(19)21-15/h2-9H,10H2,1H3,(H4,18,19,20,21,22). The molecule has 0 fully saturated rings. The van der Waals surface area contributed by atoms with E-state index in [9.17, 15) is 0 Å². The zero-order valence-corrected chi connectivity index (χ0v) is 13.1. The summed E-state index contributed by atoms with van der Waals surface area (Å²) in [5.41, 5.74) is 13.0. The van der Waals surface area contributed by atoms with E-state index in [-0.39, 0.29) is 11.9 Å². The van der Waals surface area contributed by atoms with E-state index in [1.54, 1.807) is 7.11 Å². The second kappa shape index (κ2) is 6.82. The predicted molar refractivity (Wildman–Crippen MR) is 91.4 cm³/mol. The van der Waals surface area contributed by atoms with Crippen molar-refractivity contribution in [3.8, 4) is 22.9 Å². The van der Waals surface area contributed by atoms with Crippen molar-refractivity contribution in [1.82, 2.24) is 15.0 Å². The maximum atomic E-state index is 5.76. The monoisotopic (exact) mass is 323 g/mol. The summed E-state index contributed by atoms with van der Waals surface area (Å²) < 4.78 is 10.9. The molecule has 0 aliphatic rings. The number of rotatable bonds is 5. The third-order valence-corrected chi connectivity index (χ3v) is 3.35. The van der Waals surface area contributed by atoms with Crippen LogP contribution in [0.1, 0.15) is 5.56 Å². The first kappa shape index (κ1) is 15.5. The second-order valence-electron chi connectivity index (χ2n) is 5.04. The SMILES string of the molecule is COc1ccc(COc2ccc(-c3nc(N)nc(N)n3)cc2)cc1. The van der Waals surface area contributed by atoms with Crippen LogP contribution in [0.25, 0.3) is 11.4 Å². The average Bonchev–Trinajstić information content (AvgIpc) is 2.60. The fraction of sp³-hybridized carbons (Fsp3) is 0.118. The third-order valence-electron chi connectivity index (χ3n) is 3.35. The van der Waals surface area contributed by atoms with Crippen LogP contribution in [0.4, 0.5) is 11.9 Å². The number of methoxy groups -OCH3 is 1. The molecule has 0 aliphatic carbocycles. The number of aromatic nitrogens is 3. The van der Waals surface area contributed by atoms with E-state index in [0.29, 0.717) is 12.4 Å². The molecule has 4 N–H and O–H groups in total. The fourth-order valence-corrected chi connectivity index (χ4v) is 2.13. The molecular formula is C17H17N5O2. The number of anilines is 2. The van der Waals surface area contributed by atoms with Gasteiger partial charge in [0.1, 0.15) is 18.1 Å². The van der Waals surface area contributed by atoms with Crippen LogP contribution in [-0.2, 0) is 6.61 Å². The summed E-state index contributed by atoms with van der Waals surface area (Å²) in [5.74, 6) is 2.18. The van der Waals surface area contributed by atoms with E-state index in [4.69, 9.17) is 20.9 Å². The van der Waals surface area contributed by atoms with E-state index in [0.717, 1.165) is 22.6 Å². The third kappa shape index (κ3) is 3.70. The van der Waals surface area contributed by atoms with Gasteiger partial charge in [-0.3, -0.25) is 0 Å². The number of hydrogen-bond acceptors (Lipinski definition) is 7. The van der Waals surface area contributed by atoms with E-state index >= 15 is 0 Å². The van der Waals surface area contributed by atoms with Crippen molar-refractivity contribution < 1.29 is 9.47 Å². The molecule has 1 heterocycles. The first-order valence-corrected chi connectivity index (χ1v) is 7.27. The smallest absolute Gasteiger partial charge is 0.225 e. The highest BCUT2D eigenvalue weighted by atomic mass is 16.5. The van der Waals surface area contributed by atoms with Crippen LogP contribution in [0.2, 0.25) is 0 Å². The molecule has 0 saturated heterocycles. The van der Waals surface area contributed by atoms with Gasteiger partial charge >= 0.3 is 0 Å². The van der Waals surface area contributed by atoms with Gasteiger partial charge in [0.25, 0.3) is 0 Å². The summed E-state index contributed by atoms with van der Waals surface area (Å²) in [7, 11) is 1.64. The van der Waals surface area contributed by atoms with Crippen LogP contribution < -0.4 is 20.9 Å². The molecule has 0 aliphatic heterocycles. The predicted octanol–water partition coefficient (Wildman–Crippen LogP) is 2.29. The minimum atomic E-state index is 0.0948. The molecular weight excluding hydrogens is 306 g/mol. The summed E-state index contributed by atoms with van der Waals surface area (Å²) in [6.45, 7) is 0.467. The maximum absolute atomic E-state index is 5.76. The van der Waals surface area contributed by atoms with Crippen LogP contribution in [0.15, 0.2) is 48.5 Å². The lowest BCUT2D eigenvalue weighted by Crippen LogP contribution is -2.04. The van der Waals surface area contributed by atoms with Crippen LogP contribution in [0.5, 0.6) is 11.5 Å². The normalized spacial score (nSPS) is 10.4. The summed E-state index contributed by atoms with van der Waals surface area (Å²) in [6.07, 6.45) is 0. The topological polar surface area (TPSA) is 109 Å². The Morgan fingerprint density at radius 3 is 1.96 bits per heavy atom. The van der Waals surface area contributed by atoms with Crippen molar-refractivity contribution in [3.05, 3.63) is 54.1 Å². The van der Waals surface area contributed by atoms with Gasteiger partial charge in [0.05, 0.1) is 7.11 Å². The number of ether oxygens (including phenoxy) is 2. The Kier molecular flexibility index (Phi) is 4.42. The zero-order valence-electron chi connectivity index (χ0n) is 13.1. The number of hydrogen-bond donors (Lipinski definition) is 2. The zero-order chi connectivity index (χ0) is 16.9. The first-order valence-electron chi connectivity index (χ1n) is 7.27. The molecule has 122 valence electrons. The molecule has 0 unspecified atom stereocenters. The lowest BCUT2D eigenvalue weighted by atomic mass is 10.2. The Labute approximate surface area is 139 Å². The van der Waals surface area contributed by atoms with Gasteiger partial charge in [0.2, 0.25) is 11.9 Å². The van der Waals surface area contributed by atoms with Crippen LogP contribution in [0.3, 0.4) is 0 Å². The molecule has 0 amide bonds. The van der Waals surface area contributed by atoms with Crippen LogP contribution in [0, 0.1) is 0 Å². The van der Waals surface area contributed by atoms with E-state index < -0.39 is 0 Å². The van der Waals surface area contributed by atoms with Gasteiger partial charge in [-0.05, 0) is 42.0 Å². The minimum Gasteiger partial charge on any atom is -0.497 e. The number of nitrogen functional groups attached to an aromatic ring is 2. The van der Waals surface area contributed by atoms with Gasteiger partial charge in [0.15, 0.2) is 5.82 Å². The molecule has 3 rings (SSSR count). The Morgan fingerprint density at radius 1 is 0.792 bits per heavy atom. The number of nitrogens with zero attached hydrogens (tertiary/aromatic N) is 3. The Hall–Kier alpha value is -3.35. The molecule has 7 heteroatoms. The summed E-state index contributed by atoms with van der Waals surface area (Å²) in [5, 5.41) is 0. The van der Waals surface area contributed by atoms with E-state index in [1.165, 1.54) is 0 Å². The van der Waals surface area contributed by atoms with Gasteiger partial charge < -0.3 is 20.9 Å². The quantitative estimate of drug-likeness (QED) is 0.741. The van der Waals surface area contributed by atoms with Crippen LogP contribution in [-0.4, -0.2) is 22.1 Å². The fourth-order valence-electron chi connectivity index (χ4n) is 2.13. The maximum Gasteiger partial charge on any atom is 0.225 e. The van der Waals surface area contributed by atoms with Gasteiger partial charge in [0, 0.05) is 5.56 Å². The summed E-state index contributed by atoms with van der Waals surface area (Å²) in [6, 6.07) is 15.1. The van der Waals surface area contributed by atoms with Crippen molar-refractivity contribution in [3.63, 3.8) is 0 Å². The van der Waals surface area contributed by atoms with Crippen molar-refractivity contribution >= 4 is 11.9 Å². The Morgan fingerprint density at radius 2 is 1.38 bits per heavy atom. The summed E-state index contributed by atoms with van der Waals surface area (Å²) in [4.78, 5) is 11.9. The highest BCUT2D eigenvalue weighted by molar-refractivity contribution is 5.58. The van der Waals surface area contributed by atoms with Crippen molar-refractivity contribution in [1.29, 1.82) is 0 Å². The van der Waals surface area contributed by atoms with Gasteiger partial charge in [-0.2, -0.15) is 15.0 Å². The highest BCUT2D eigenvalue weighted by Crippen LogP contribution is 2.21. The Bertz CT molecular complexity index is 799. The largest absolute Gasteiger partial charge is 0.497 e. The van der Waals surface area contributed by atoms with Crippen molar-refractivity contribution in [2.45, 2.75) is 6.61 Å². The van der Waals surface area contributed by atoms with Crippen LogP contribution >= 0.6 is 0 Å². The average molecular weight is 323 g/mol. The highest BCUT2D eigenvalue weighted by Gasteiger charge is 2.05. The van der Waals surface area contributed by atoms with Crippen molar-refractivity contribution in [2.75, 3.05) is 18.6 Å². The molecule has 1 aromatic heterocycles. The van der Waals surface area contributed by atoms with Crippen molar-refractivity contribution in [2.24, 2.45) is 0 Å². The first-order chi connectivity index (χ1) is 11.6. The molecule has 0 radical (unpaired) electrons. The summed E-state index contributed by atoms with van der Waals surface area (Å²) >= 11 is 0. The van der Waals surface area contributed by atoms with Gasteiger partial charge in [-0.1, -0.05) is 12.1 Å². The minimum absolute atomic E-state index is 0.0948. The molecule has 7 nitrogen and oxygen atoms in total. The lowest BCUT2D eigenvalue weighted by Gasteiger charge is -2.08. The van der Waals surface area contributed by atoms with E-state index in [2.05, 4.69) is 15.0 Å². The number of nitrogens with two attached hydrogens (primary N) is 2. The molecule has 0 atom stereocenters. The molecule has 0 saturated carbocycles. The Balaban J connectivity index is 1.67. The van der Waals surface area contributed by atoms with Gasteiger partial charge in [-0.25, -0.2) is 0 Å². The molecule has 0 bridgehead atoms. The second-order valence-corrected chi connectivity index (χ2v) is 5.04. The molecule has 3 aromatic rings. The lowest BCUT2D eigenvalue weighted by molar-refractivity contribution is 0.306. The van der Waals surface area contributed by atoms with Gasteiger partial charge in [-0.15, -0.1) is 0 Å². The molecule has 0 spiro atoms. The molecule has 2 aromatic carbocycles. The molecule has 24 heavy (non-hydrogen) atoms.